The number of carbonyl (C=O) groups excluding carboxylic acids is 1. The molecule has 1 heterocycles. The van der Waals surface area contributed by atoms with Gasteiger partial charge in [-0.2, -0.15) is 0 Å². The van der Waals surface area contributed by atoms with Gasteiger partial charge in [0.25, 0.3) is 11.5 Å². The van der Waals surface area contributed by atoms with Gasteiger partial charge < -0.3 is 0 Å². The summed E-state index contributed by atoms with van der Waals surface area (Å²) in [6, 6.07) is -0.658. The summed E-state index contributed by atoms with van der Waals surface area (Å²) in [6.45, 7) is 1.57. The second-order valence-corrected chi connectivity index (χ2v) is 3.80. The zero-order valence-electron chi connectivity index (χ0n) is 7.40. The van der Waals surface area contributed by atoms with E-state index in [2.05, 4.69) is 4.98 Å². The molecule has 1 aromatic rings. The van der Waals surface area contributed by atoms with Crippen molar-refractivity contribution in [2.75, 3.05) is 0 Å². The SMILES string of the molecule is CC(C(=O)NN)n1cncc(I)c1=O. The molecule has 0 aliphatic heterocycles. The van der Waals surface area contributed by atoms with Gasteiger partial charge in [0.1, 0.15) is 6.04 Å². The maximum absolute atomic E-state index is 11.5. The van der Waals surface area contributed by atoms with Gasteiger partial charge in [-0.05, 0) is 29.5 Å². The van der Waals surface area contributed by atoms with Crippen LogP contribution in [-0.4, -0.2) is 15.5 Å². The van der Waals surface area contributed by atoms with Gasteiger partial charge in [0.05, 0.1) is 9.90 Å². The molecule has 0 saturated heterocycles. The molecule has 1 unspecified atom stereocenters. The van der Waals surface area contributed by atoms with Crippen LogP contribution in [0.5, 0.6) is 0 Å². The van der Waals surface area contributed by atoms with Gasteiger partial charge in [0, 0.05) is 6.20 Å². The smallest absolute Gasteiger partial charge is 0.267 e. The van der Waals surface area contributed by atoms with E-state index in [0.717, 1.165) is 0 Å². The third kappa shape index (κ3) is 2.10. The Bertz CT molecular complexity index is 403. The second kappa shape index (κ2) is 4.51. The number of rotatable bonds is 2. The van der Waals surface area contributed by atoms with Crippen molar-refractivity contribution in [2.24, 2.45) is 5.84 Å². The minimum atomic E-state index is -0.658. The van der Waals surface area contributed by atoms with E-state index in [-0.39, 0.29) is 5.56 Å². The molecule has 0 bridgehead atoms. The Morgan fingerprint density at radius 2 is 2.43 bits per heavy atom. The summed E-state index contributed by atoms with van der Waals surface area (Å²) in [4.78, 5) is 26.5. The Hall–Kier alpha value is -0.960. The summed E-state index contributed by atoms with van der Waals surface area (Å²) in [5.41, 5.74) is 1.73. The molecule has 0 spiro atoms. The van der Waals surface area contributed by atoms with Gasteiger partial charge in [-0.3, -0.25) is 19.6 Å². The fourth-order valence-corrected chi connectivity index (χ4v) is 1.36. The number of aromatic nitrogens is 2. The van der Waals surface area contributed by atoms with Gasteiger partial charge in [0.2, 0.25) is 0 Å². The predicted octanol–water partition coefficient (Wildman–Crippen LogP) is -0.601. The minimum Gasteiger partial charge on any atom is -0.292 e. The number of amides is 1. The summed E-state index contributed by atoms with van der Waals surface area (Å²) in [6.07, 6.45) is 2.75. The first-order valence-corrected chi connectivity index (χ1v) is 4.88. The second-order valence-electron chi connectivity index (χ2n) is 2.64. The van der Waals surface area contributed by atoms with E-state index in [1.165, 1.54) is 17.1 Å². The summed E-state index contributed by atoms with van der Waals surface area (Å²) in [5.74, 6) is 4.53. The van der Waals surface area contributed by atoms with Crippen LogP contribution in [0.4, 0.5) is 0 Å². The van der Waals surface area contributed by atoms with Crippen LogP contribution >= 0.6 is 22.6 Å². The monoisotopic (exact) mass is 308 g/mol. The highest BCUT2D eigenvalue weighted by atomic mass is 127. The summed E-state index contributed by atoms with van der Waals surface area (Å²) >= 11 is 1.86. The van der Waals surface area contributed by atoms with E-state index < -0.39 is 11.9 Å². The number of hydrogen-bond donors (Lipinski definition) is 2. The molecule has 76 valence electrons. The third-order valence-corrected chi connectivity index (χ3v) is 2.50. The maximum atomic E-state index is 11.5. The zero-order valence-corrected chi connectivity index (χ0v) is 9.56. The predicted molar refractivity (Wildman–Crippen MR) is 58.3 cm³/mol. The van der Waals surface area contributed by atoms with Crippen molar-refractivity contribution in [2.45, 2.75) is 13.0 Å². The third-order valence-electron chi connectivity index (χ3n) is 1.76. The number of hydrazine groups is 1. The number of nitrogens with one attached hydrogen (secondary N) is 1. The summed E-state index contributed by atoms with van der Waals surface area (Å²) in [5, 5.41) is 0. The molecule has 6 nitrogen and oxygen atoms in total. The molecule has 14 heavy (non-hydrogen) atoms. The van der Waals surface area contributed by atoms with Crippen molar-refractivity contribution in [3.63, 3.8) is 0 Å². The largest absolute Gasteiger partial charge is 0.292 e. The van der Waals surface area contributed by atoms with Gasteiger partial charge in [-0.25, -0.2) is 10.8 Å². The Labute approximate surface area is 93.6 Å². The number of hydrogen-bond acceptors (Lipinski definition) is 4. The zero-order chi connectivity index (χ0) is 10.7. The Kier molecular flexibility index (Phi) is 3.58. The normalized spacial score (nSPS) is 12.2. The van der Waals surface area contributed by atoms with E-state index in [1.807, 2.05) is 28.0 Å². The Morgan fingerprint density at radius 1 is 1.79 bits per heavy atom. The van der Waals surface area contributed by atoms with Gasteiger partial charge in [-0.1, -0.05) is 0 Å². The fourth-order valence-electron chi connectivity index (χ4n) is 0.924. The topological polar surface area (TPSA) is 90.0 Å². The highest BCUT2D eigenvalue weighted by Crippen LogP contribution is 2.02. The quantitative estimate of drug-likeness (QED) is 0.330. The van der Waals surface area contributed by atoms with E-state index in [0.29, 0.717) is 3.57 Å². The number of carbonyl (C=O) groups is 1. The molecule has 0 aliphatic carbocycles. The molecule has 0 fully saturated rings. The van der Waals surface area contributed by atoms with Crippen molar-refractivity contribution in [3.8, 4) is 0 Å². The molecule has 0 aromatic carbocycles. The van der Waals surface area contributed by atoms with Crippen LogP contribution in [0.3, 0.4) is 0 Å². The fraction of sp³-hybridized carbons (Fsp3) is 0.286. The molecule has 7 heteroatoms. The highest BCUT2D eigenvalue weighted by molar-refractivity contribution is 14.1. The first kappa shape index (κ1) is 11.1. The average Bonchev–Trinajstić information content (AvgIpc) is 2.20. The summed E-state index contributed by atoms with van der Waals surface area (Å²) < 4.78 is 1.69. The Morgan fingerprint density at radius 3 is 3.00 bits per heavy atom. The molecule has 1 rings (SSSR count). The van der Waals surface area contributed by atoms with Crippen LogP contribution in [-0.2, 0) is 4.79 Å². The molecule has 1 atom stereocenters. The Balaban J connectivity index is 3.14. The average molecular weight is 308 g/mol. The van der Waals surface area contributed by atoms with Gasteiger partial charge in [0.15, 0.2) is 0 Å². The van der Waals surface area contributed by atoms with Crippen molar-refractivity contribution < 1.29 is 4.79 Å². The lowest BCUT2D eigenvalue weighted by atomic mass is 10.3. The van der Waals surface area contributed by atoms with E-state index in [4.69, 9.17) is 5.84 Å². The van der Waals surface area contributed by atoms with Crippen LogP contribution in [0, 0.1) is 3.57 Å². The van der Waals surface area contributed by atoms with E-state index in [9.17, 15) is 9.59 Å². The van der Waals surface area contributed by atoms with Crippen LogP contribution in [0.2, 0.25) is 0 Å². The van der Waals surface area contributed by atoms with Crippen LogP contribution in [0.25, 0.3) is 0 Å². The lowest BCUT2D eigenvalue weighted by Gasteiger charge is -2.12. The summed E-state index contributed by atoms with van der Waals surface area (Å²) in [7, 11) is 0. The van der Waals surface area contributed by atoms with Crippen LogP contribution in [0.1, 0.15) is 13.0 Å². The molecule has 0 aliphatic rings. The van der Waals surface area contributed by atoms with Crippen molar-refractivity contribution in [1.82, 2.24) is 15.0 Å². The maximum Gasteiger partial charge on any atom is 0.267 e. The van der Waals surface area contributed by atoms with Crippen molar-refractivity contribution >= 4 is 28.5 Å². The molecule has 1 aromatic heterocycles. The number of nitrogens with zero attached hydrogens (tertiary/aromatic N) is 2. The molecule has 3 N–H and O–H groups in total. The number of nitrogens with two attached hydrogens (primary N) is 1. The standard InChI is InChI=1S/C7H9IN4O2/c1-4(6(13)11-9)12-3-10-2-5(8)7(12)14/h2-4H,9H2,1H3,(H,11,13). The number of halogens is 1. The van der Waals surface area contributed by atoms with E-state index >= 15 is 0 Å². The first-order valence-electron chi connectivity index (χ1n) is 3.80. The van der Waals surface area contributed by atoms with Crippen molar-refractivity contribution in [1.29, 1.82) is 0 Å². The van der Waals surface area contributed by atoms with Gasteiger partial charge >= 0.3 is 0 Å². The first-order chi connectivity index (χ1) is 6.57. The molecule has 1 amide bonds. The van der Waals surface area contributed by atoms with Crippen LogP contribution < -0.4 is 16.8 Å². The molecular weight excluding hydrogens is 299 g/mol. The van der Waals surface area contributed by atoms with E-state index in [1.54, 1.807) is 6.92 Å². The van der Waals surface area contributed by atoms with Gasteiger partial charge in [-0.15, -0.1) is 0 Å². The lowest BCUT2D eigenvalue weighted by Crippen LogP contribution is -2.39. The lowest BCUT2D eigenvalue weighted by molar-refractivity contribution is -0.124. The molecule has 0 radical (unpaired) electrons. The minimum absolute atomic E-state index is 0.253. The van der Waals surface area contributed by atoms with Crippen LogP contribution in [0.15, 0.2) is 17.3 Å². The highest BCUT2D eigenvalue weighted by Gasteiger charge is 2.15. The molecular formula is C7H9IN4O2. The molecule has 0 saturated carbocycles. The van der Waals surface area contributed by atoms with Crippen molar-refractivity contribution in [3.05, 3.63) is 26.4 Å².